The number of carbonyl (C=O) groups is 3. The third kappa shape index (κ3) is 7.58. The maximum Gasteiger partial charge on any atom is 0.330 e. The molecule has 1 atom stereocenters. The molecule has 0 aromatic rings. The van der Waals surface area contributed by atoms with Crippen molar-refractivity contribution in [2.24, 2.45) is 5.41 Å². The molecule has 1 amide bonds. The molecular weight excluding hydrogens is 290 g/mol. The summed E-state index contributed by atoms with van der Waals surface area (Å²) in [7, 11) is 0. The van der Waals surface area contributed by atoms with Crippen molar-refractivity contribution in [3.8, 4) is 0 Å². The van der Waals surface area contributed by atoms with Gasteiger partial charge >= 0.3 is 11.9 Å². The molecule has 0 aliphatic rings. The quantitative estimate of drug-likeness (QED) is 0.342. The average molecular weight is 313 g/mol. The molecule has 0 aliphatic heterocycles. The van der Waals surface area contributed by atoms with Crippen LogP contribution in [0, 0.1) is 5.41 Å². The zero-order valence-corrected chi connectivity index (χ0v) is 13.0. The fraction of sp³-hybridized carbons (Fsp3) is 0.533. The normalized spacial score (nSPS) is 12.0. The first-order chi connectivity index (χ1) is 10.2. The molecule has 0 aromatic carbocycles. The van der Waals surface area contributed by atoms with Gasteiger partial charge in [0, 0.05) is 24.1 Å². The van der Waals surface area contributed by atoms with Crippen molar-refractivity contribution in [1.29, 1.82) is 0 Å². The number of hydrogen-bond donors (Lipinski definition) is 2. The number of aliphatic hydroxyl groups is 1. The molecule has 0 bridgehead atoms. The lowest BCUT2D eigenvalue weighted by molar-refractivity contribution is -0.149. The Bertz CT molecular complexity index is 430. The predicted octanol–water partition coefficient (Wildman–Crippen LogP) is 0.338. The van der Waals surface area contributed by atoms with E-state index in [2.05, 4.69) is 18.5 Å². The molecule has 7 nitrogen and oxygen atoms in total. The minimum absolute atomic E-state index is 0.122. The summed E-state index contributed by atoms with van der Waals surface area (Å²) in [6.45, 7) is 9.97. The summed E-state index contributed by atoms with van der Waals surface area (Å²) in [6, 6.07) is 0. The van der Waals surface area contributed by atoms with E-state index in [1.54, 1.807) is 13.8 Å². The van der Waals surface area contributed by atoms with Crippen LogP contribution >= 0.6 is 0 Å². The Balaban J connectivity index is 4.12. The van der Waals surface area contributed by atoms with E-state index in [4.69, 9.17) is 9.47 Å². The number of rotatable bonds is 10. The van der Waals surface area contributed by atoms with Crippen LogP contribution in [0.5, 0.6) is 0 Å². The lowest BCUT2D eigenvalue weighted by Gasteiger charge is -2.28. The largest absolute Gasteiger partial charge is 0.462 e. The van der Waals surface area contributed by atoms with Crippen LogP contribution in [0.25, 0.3) is 0 Å². The van der Waals surface area contributed by atoms with E-state index in [9.17, 15) is 19.5 Å². The Morgan fingerprint density at radius 3 is 2.27 bits per heavy atom. The second-order valence-electron chi connectivity index (χ2n) is 5.22. The summed E-state index contributed by atoms with van der Waals surface area (Å²) in [5, 5.41) is 12.5. The number of hydrogen-bond acceptors (Lipinski definition) is 6. The molecule has 2 N–H and O–H groups in total. The SMILES string of the molecule is C=CC(=O)OCCCNC(=O)C(O)C(C)(C)COC(=O)C=C. The van der Waals surface area contributed by atoms with Crippen molar-refractivity contribution in [3.05, 3.63) is 25.3 Å². The van der Waals surface area contributed by atoms with Crippen LogP contribution in [0.2, 0.25) is 0 Å². The Kier molecular flexibility index (Phi) is 8.78. The Labute approximate surface area is 130 Å². The minimum atomic E-state index is -1.35. The van der Waals surface area contributed by atoms with E-state index in [0.717, 1.165) is 12.2 Å². The predicted molar refractivity (Wildman–Crippen MR) is 79.7 cm³/mol. The van der Waals surface area contributed by atoms with Gasteiger partial charge in [-0.25, -0.2) is 9.59 Å². The summed E-state index contributed by atoms with van der Waals surface area (Å²) < 4.78 is 9.59. The number of nitrogens with one attached hydrogen (secondary N) is 1. The van der Waals surface area contributed by atoms with E-state index in [1.165, 1.54) is 0 Å². The van der Waals surface area contributed by atoms with Gasteiger partial charge in [-0.15, -0.1) is 0 Å². The minimum Gasteiger partial charge on any atom is -0.462 e. The molecule has 0 fully saturated rings. The highest BCUT2D eigenvalue weighted by molar-refractivity contribution is 5.82. The Hall–Kier alpha value is -2.15. The molecule has 0 radical (unpaired) electrons. The average Bonchev–Trinajstić information content (AvgIpc) is 2.50. The highest BCUT2D eigenvalue weighted by Gasteiger charge is 2.34. The fourth-order valence-electron chi connectivity index (χ4n) is 1.36. The van der Waals surface area contributed by atoms with Crippen LogP contribution in [-0.4, -0.2) is 48.8 Å². The van der Waals surface area contributed by atoms with Gasteiger partial charge in [-0.2, -0.15) is 0 Å². The monoisotopic (exact) mass is 313 g/mol. The molecule has 124 valence electrons. The molecule has 0 aliphatic carbocycles. The molecular formula is C15H23NO6. The third-order valence-corrected chi connectivity index (χ3v) is 2.77. The van der Waals surface area contributed by atoms with Crippen LogP contribution in [0.15, 0.2) is 25.3 Å². The number of carbonyl (C=O) groups excluding carboxylic acids is 3. The second-order valence-corrected chi connectivity index (χ2v) is 5.22. The van der Waals surface area contributed by atoms with Crippen molar-refractivity contribution < 1.29 is 29.0 Å². The molecule has 0 rings (SSSR count). The van der Waals surface area contributed by atoms with Gasteiger partial charge in [0.1, 0.15) is 6.10 Å². The second kappa shape index (κ2) is 9.73. The first-order valence-electron chi connectivity index (χ1n) is 6.78. The van der Waals surface area contributed by atoms with Crippen LogP contribution in [0.3, 0.4) is 0 Å². The van der Waals surface area contributed by atoms with Crippen molar-refractivity contribution in [3.63, 3.8) is 0 Å². The van der Waals surface area contributed by atoms with Gasteiger partial charge in [-0.1, -0.05) is 27.0 Å². The van der Waals surface area contributed by atoms with Crippen LogP contribution in [0.4, 0.5) is 0 Å². The molecule has 0 heterocycles. The highest BCUT2D eigenvalue weighted by Crippen LogP contribution is 2.21. The van der Waals surface area contributed by atoms with Crippen molar-refractivity contribution in [2.45, 2.75) is 26.4 Å². The van der Waals surface area contributed by atoms with E-state index in [1.807, 2.05) is 0 Å². The summed E-state index contributed by atoms with van der Waals surface area (Å²) in [6.07, 6.45) is 1.12. The number of amides is 1. The van der Waals surface area contributed by atoms with E-state index in [0.29, 0.717) is 6.42 Å². The van der Waals surface area contributed by atoms with Crippen molar-refractivity contribution in [2.75, 3.05) is 19.8 Å². The van der Waals surface area contributed by atoms with Crippen LogP contribution in [-0.2, 0) is 23.9 Å². The van der Waals surface area contributed by atoms with Crippen LogP contribution < -0.4 is 5.32 Å². The smallest absolute Gasteiger partial charge is 0.330 e. The molecule has 1 unspecified atom stereocenters. The third-order valence-electron chi connectivity index (χ3n) is 2.77. The molecule has 0 aromatic heterocycles. The fourth-order valence-corrected chi connectivity index (χ4v) is 1.36. The molecule has 0 saturated heterocycles. The summed E-state index contributed by atoms with van der Waals surface area (Å²) in [5.74, 6) is -1.74. The molecule has 7 heteroatoms. The Morgan fingerprint density at radius 1 is 1.18 bits per heavy atom. The van der Waals surface area contributed by atoms with E-state index < -0.39 is 29.4 Å². The van der Waals surface area contributed by atoms with Crippen molar-refractivity contribution in [1.82, 2.24) is 5.32 Å². The molecule has 0 spiro atoms. The van der Waals surface area contributed by atoms with Gasteiger partial charge < -0.3 is 19.9 Å². The number of aliphatic hydroxyl groups excluding tert-OH is 1. The standard InChI is InChI=1S/C15H23NO6/c1-5-11(17)21-9-7-8-16-14(20)13(19)15(3,4)10-22-12(18)6-2/h5-6,13,19H,1-2,7-10H2,3-4H3,(H,16,20). The van der Waals surface area contributed by atoms with Gasteiger partial charge in [-0.3, -0.25) is 4.79 Å². The highest BCUT2D eigenvalue weighted by atomic mass is 16.5. The zero-order valence-electron chi connectivity index (χ0n) is 13.0. The first-order valence-corrected chi connectivity index (χ1v) is 6.78. The maximum atomic E-state index is 11.8. The van der Waals surface area contributed by atoms with Crippen LogP contribution in [0.1, 0.15) is 20.3 Å². The van der Waals surface area contributed by atoms with Gasteiger partial charge in [0.05, 0.1) is 13.2 Å². The summed E-state index contributed by atoms with van der Waals surface area (Å²) in [4.78, 5) is 33.6. The Morgan fingerprint density at radius 2 is 1.73 bits per heavy atom. The summed E-state index contributed by atoms with van der Waals surface area (Å²) >= 11 is 0. The summed E-state index contributed by atoms with van der Waals surface area (Å²) in [5.41, 5.74) is -0.946. The van der Waals surface area contributed by atoms with Gasteiger partial charge in [0.2, 0.25) is 5.91 Å². The molecule has 0 saturated carbocycles. The van der Waals surface area contributed by atoms with E-state index in [-0.39, 0.29) is 19.8 Å². The lowest BCUT2D eigenvalue weighted by Crippen LogP contribution is -2.46. The molecule has 22 heavy (non-hydrogen) atoms. The zero-order chi connectivity index (χ0) is 17.2. The maximum absolute atomic E-state index is 11.8. The van der Waals surface area contributed by atoms with Gasteiger partial charge in [-0.05, 0) is 6.42 Å². The van der Waals surface area contributed by atoms with E-state index >= 15 is 0 Å². The van der Waals surface area contributed by atoms with Crippen molar-refractivity contribution >= 4 is 17.8 Å². The first kappa shape index (κ1) is 19.9. The topological polar surface area (TPSA) is 102 Å². The lowest BCUT2D eigenvalue weighted by atomic mass is 9.87. The number of ether oxygens (including phenoxy) is 2. The van der Waals surface area contributed by atoms with Gasteiger partial charge in [0.15, 0.2) is 0 Å². The number of esters is 2. The van der Waals surface area contributed by atoms with Gasteiger partial charge in [0.25, 0.3) is 0 Å².